The molecule has 11 rings (SSSR count). The van der Waals surface area contributed by atoms with Crippen LogP contribution >= 0.6 is 0 Å². The zero-order chi connectivity index (χ0) is 46.5. The fourth-order valence-electron chi connectivity index (χ4n) is 12.5. The quantitative estimate of drug-likeness (QED) is 0.163. The number of fused-ring (bicyclic) bond motifs is 6. The van der Waals surface area contributed by atoms with Gasteiger partial charge >= 0.3 is 0 Å². The lowest BCUT2D eigenvalue weighted by Crippen LogP contribution is -2.62. The Balaban J connectivity index is 1.28. The molecule has 0 fully saturated rings. The average Bonchev–Trinajstić information content (AvgIpc) is 3.45. The molecule has 7 aromatic carbocycles. The number of aryl methyl sites for hydroxylation is 3. The fourth-order valence-corrected chi connectivity index (χ4v) is 12.5. The SMILES string of the molecule is [2H]C([2H])([2H])c1cc2c3c(c1)N(c1cc4c(cc1C)C(C)(C)CC4(C)C)c1cc4c(cc1B3c1cc(-c3ccccc3)ccc1N2c1ccc(-c2ccccc2)cc1C)C(C)(C)CCC4(C)C. The monoisotopic (exact) mass is 824 g/mol. The number of rotatable bonds is 4. The highest BCUT2D eigenvalue weighted by atomic mass is 15.2. The van der Waals surface area contributed by atoms with Crippen molar-refractivity contribution in [3.63, 3.8) is 0 Å². The van der Waals surface area contributed by atoms with Crippen molar-refractivity contribution in [3.8, 4) is 22.3 Å². The predicted octanol–water partition coefficient (Wildman–Crippen LogP) is 14.3. The van der Waals surface area contributed by atoms with Crippen LogP contribution in [0.1, 0.15) is 118 Å². The topological polar surface area (TPSA) is 6.48 Å². The van der Waals surface area contributed by atoms with E-state index in [0.29, 0.717) is 5.56 Å². The zero-order valence-corrected chi connectivity index (χ0v) is 38.8. The molecule has 0 amide bonds. The van der Waals surface area contributed by atoms with Crippen LogP contribution in [0.15, 0.2) is 133 Å². The second-order valence-electron chi connectivity index (χ2n) is 21.9. The Bertz CT molecular complexity index is 3140. The summed E-state index contributed by atoms with van der Waals surface area (Å²) in [5.41, 5.74) is 22.8. The second kappa shape index (κ2) is 13.6. The van der Waals surface area contributed by atoms with Crippen molar-refractivity contribution in [1.29, 1.82) is 0 Å². The van der Waals surface area contributed by atoms with Crippen LogP contribution in [0.4, 0.5) is 34.1 Å². The lowest BCUT2D eigenvalue weighted by atomic mass is 9.33. The van der Waals surface area contributed by atoms with Crippen LogP contribution in [0.2, 0.25) is 0 Å². The summed E-state index contributed by atoms with van der Waals surface area (Å²) in [6.07, 6.45) is 3.27. The van der Waals surface area contributed by atoms with Crippen molar-refractivity contribution in [2.75, 3.05) is 9.80 Å². The van der Waals surface area contributed by atoms with Gasteiger partial charge in [0.2, 0.25) is 0 Å². The molecule has 314 valence electrons. The molecule has 2 heterocycles. The van der Waals surface area contributed by atoms with Gasteiger partial charge in [-0.1, -0.05) is 146 Å². The number of hydrogen-bond acceptors (Lipinski definition) is 2. The van der Waals surface area contributed by atoms with E-state index in [0.717, 1.165) is 75.5 Å². The summed E-state index contributed by atoms with van der Waals surface area (Å²) in [5.74, 6) is 0. The van der Waals surface area contributed by atoms with Gasteiger partial charge in [0.25, 0.3) is 6.71 Å². The first kappa shape index (κ1) is 36.7. The van der Waals surface area contributed by atoms with Crippen LogP contribution in [0.3, 0.4) is 0 Å². The van der Waals surface area contributed by atoms with E-state index in [9.17, 15) is 0 Å². The van der Waals surface area contributed by atoms with Crippen LogP contribution in [-0.2, 0) is 21.7 Å². The smallest absolute Gasteiger partial charge is 0.252 e. The second-order valence-corrected chi connectivity index (χ2v) is 21.9. The molecule has 0 radical (unpaired) electrons. The summed E-state index contributed by atoms with van der Waals surface area (Å²) in [5, 5.41) is 0. The summed E-state index contributed by atoms with van der Waals surface area (Å²) in [6.45, 7) is 21.2. The molecule has 0 saturated heterocycles. The number of hydrogen-bond donors (Lipinski definition) is 0. The van der Waals surface area contributed by atoms with E-state index in [1.165, 1.54) is 49.9 Å². The van der Waals surface area contributed by atoms with Crippen molar-refractivity contribution >= 4 is 57.2 Å². The summed E-state index contributed by atoms with van der Waals surface area (Å²) < 4.78 is 27.3. The highest BCUT2D eigenvalue weighted by molar-refractivity contribution is 7.00. The first-order chi connectivity index (χ1) is 31.1. The van der Waals surface area contributed by atoms with E-state index >= 15 is 0 Å². The largest absolute Gasteiger partial charge is 0.311 e. The lowest BCUT2D eigenvalue weighted by molar-refractivity contribution is 0.332. The molecule has 0 unspecified atom stereocenters. The van der Waals surface area contributed by atoms with Gasteiger partial charge in [-0.3, -0.25) is 0 Å². The molecule has 0 atom stereocenters. The van der Waals surface area contributed by atoms with Crippen LogP contribution in [-0.4, -0.2) is 6.71 Å². The van der Waals surface area contributed by atoms with Crippen LogP contribution in [0.5, 0.6) is 0 Å². The lowest BCUT2D eigenvalue weighted by Gasteiger charge is -2.48. The van der Waals surface area contributed by atoms with Gasteiger partial charge in [-0.25, -0.2) is 0 Å². The van der Waals surface area contributed by atoms with Gasteiger partial charge in [0.15, 0.2) is 0 Å². The number of anilines is 6. The molecule has 2 nitrogen and oxygen atoms in total. The van der Waals surface area contributed by atoms with Crippen LogP contribution in [0.25, 0.3) is 22.3 Å². The summed E-state index contributed by atoms with van der Waals surface area (Å²) >= 11 is 0. The molecule has 0 saturated carbocycles. The molecule has 3 heteroatoms. The Morgan fingerprint density at radius 1 is 0.429 bits per heavy atom. The van der Waals surface area contributed by atoms with E-state index in [2.05, 4.69) is 200 Å². The van der Waals surface area contributed by atoms with Gasteiger partial charge in [0, 0.05) is 38.2 Å². The predicted molar refractivity (Wildman–Crippen MR) is 272 cm³/mol. The van der Waals surface area contributed by atoms with Crippen molar-refractivity contribution < 1.29 is 4.11 Å². The molecule has 63 heavy (non-hydrogen) atoms. The van der Waals surface area contributed by atoms with Gasteiger partial charge in [-0.2, -0.15) is 0 Å². The Morgan fingerprint density at radius 2 is 0.905 bits per heavy atom. The molecule has 0 aromatic heterocycles. The molecule has 0 spiro atoms. The number of benzene rings is 7. The third kappa shape index (κ3) is 6.05. The molecule has 0 bridgehead atoms. The molecule has 0 N–H and O–H groups in total. The maximum absolute atomic E-state index is 9.11. The van der Waals surface area contributed by atoms with E-state index in [4.69, 9.17) is 4.11 Å². The van der Waals surface area contributed by atoms with Crippen LogP contribution < -0.4 is 26.2 Å². The minimum Gasteiger partial charge on any atom is -0.311 e. The Labute approximate surface area is 381 Å². The maximum Gasteiger partial charge on any atom is 0.252 e. The molecule has 2 aliphatic heterocycles. The van der Waals surface area contributed by atoms with Crippen molar-refractivity contribution in [2.45, 2.75) is 117 Å². The maximum atomic E-state index is 9.11. The molecule has 2 aliphatic carbocycles. The van der Waals surface area contributed by atoms with E-state index < -0.39 is 6.85 Å². The minimum atomic E-state index is -2.36. The normalized spacial score (nSPS) is 18.9. The minimum absolute atomic E-state index is 0.0228. The first-order valence-corrected chi connectivity index (χ1v) is 23.1. The fraction of sp³-hybridized carbons (Fsp3) is 0.300. The van der Waals surface area contributed by atoms with E-state index in [-0.39, 0.29) is 28.4 Å². The third-order valence-corrected chi connectivity index (χ3v) is 15.6. The summed E-state index contributed by atoms with van der Waals surface area (Å²) in [7, 11) is 0. The Morgan fingerprint density at radius 3 is 1.49 bits per heavy atom. The summed E-state index contributed by atoms with van der Waals surface area (Å²) in [4.78, 5) is 4.87. The van der Waals surface area contributed by atoms with Crippen molar-refractivity contribution in [1.82, 2.24) is 0 Å². The van der Waals surface area contributed by atoms with Gasteiger partial charge in [-0.15, -0.1) is 0 Å². The van der Waals surface area contributed by atoms with Gasteiger partial charge < -0.3 is 9.80 Å². The summed E-state index contributed by atoms with van der Waals surface area (Å²) in [6, 6.07) is 49.0. The standard InChI is InChI=1S/C60H61BN2/c1-37-28-54-56-55(29-37)63(52-34-47-44(31-39(52)3)59(8,9)36-60(47,10)11)53-35-46-45(57(4,5)26-27-58(46,6)7)33-49(53)61(56)48-32-43(41-20-16-13-17-21-41)23-25-51(48)62(54)50-24-22-42(30-38(50)2)40-18-14-12-15-19-40/h12-25,28-35H,26-27,36H2,1-11H3/i1D3. The Kier molecular flexibility index (Phi) is 7.92. The first-order valence-electron chi connectivity index (χ1n) is 24.6. The average molecular weight is 824 g/mol. The van der Waals surface area contributed by atoms with Gasteiger partial charge in [-0.05, 0) is 182 Å². The Hall–Kier alpha value is -5.80. The number of nitrogens with zero attached hydrogens (tertiary/aromatic N) is 2. The zero-order valence-electron chi connectivity index (χ0n) is 41.8. The van der Waals surface area contributed by atoms with Gasteiger partial charge in [0.05, 0.1) is 0 Å². The molecular weight excluding hydrogens is 759 g/mol. The molecule has 4 aliphatic rings. The third-order valence-electron chi connectivity index (χ3n) is 15.6. The molecular formula is C60H61BN2. The van der Waals surface area contributed by atoms with Crippen LogP contribution in [0, 0.1) is 20.7 Å². The highest BCUT2D eigenvalue weighted by Gasteiger charge is 2.48. The van der Waals surface area contributed by atoms with E-state index in [1.54, 1.807) is 0 Å². The van der Waals surface area contributed by atoms with Gasteiger partial charge in [0.1, 0.15) is 0 Å². The van der Waals surface area contributed by atoms with E-state index in [1.807, 2.05) is 12.1 Å². The van der Waals surface area contributed by atoms with Crippen molar-refractivity contribution in [3.05, 3.63) is 172 Å². The molecule has 7 aromatic rings. The van der Waals surface area contributed by atoms with Crippen molar-refractivity contribution in [2.24, 2.45) is 0 Å². The highest BCUT2D eigenvalue weighted by Crippen LogP contribution is 2.55.